The van der Waals surface area contributed by atoms with Gasteiger partial charge in [0.25, 0.3) is 0 Å². The Balaban J connectivity index is 1.49. The van der Waals surface area contributed by atoms with Gasteiger partial charge in [-0.2, -0.15) is 0 Å². The van der Waals surface area contributed by atoms with Crippen LogP contribution in [0.5, 0.6) is 0 Å². The van der Waals surface area contributed by atoms with Crippen LogP contribution in [0.25, 0.3) is 5.70 Å². The van der Waals surface area contributed by atoms with E-state index in [1.54, 1.807) is 6.07 Å². The maximum atomic E-state index is 6.53. The number of nitrogens with one attached hydrogen (secondary N) is 1. The molecule has 0 spiro atoms. The van der Waals surface area contributed by atoms with Gasteiger partial charge in [0.2, 0.25) is 0 Å². The minimum absolute atomic E-state index is 0.600. The van der Waals surface area contributed by atoms with Gasteiger partial charge in [0.1, 0.15) is 5.82 Å². The van der Waals surface area contributed by atoms with Crippen LogP contribution in [0.2, 0.25) is 10.0 Å². The topological polar surface area (TPSA) is 73.8 Å². The Bertz CT molecular complexity index is 1060. The molecule has 0 aliphatic carbocycles. The number of allylic oxidation sites excluding steroid dienone is 1. The van der Waals surface area contributed by atoms with Gasteiger partial charge in [0.15, 0.2) is 0 Å². The molecule has 0 saturated carbocycles. The van der Waals surface area contributed by atoms with Gasteiger partial charge in [-0.15, -0.1) is 0 Å². The molecular weight excluding hydrogens is 467 g/mol. The van der Waals surface area contributed by atoms with Gasteiger partial charge in [-0.1, -0.05) is 35.3 Å². The largest absolute Gasteiger partial charge is 0.398 e. The van der Waals surface area contributed by atoms with Crippen molar-refractivity contribution in [3.8, 4) is 0 Å². The van der Waals surface area contributed by atoms with E-state index in [4.69, 9.17) is 34.7 Å². The summed E-state index contributed by atoms with van der Waals surface area (Å²) in [5.41, 5.74) is 17.5. The van der Waals surface area contributed by atoms with E-state index in [0.717, 1.165) is 43.0 Å². The second-order valence-electron chi connectivity index (χ2n) is 9.21. The van der Waals surface area contributed by atoms with Crippen LogP contribution in [0, 0.1) is 0 Å². The van der Waals surface area contributed by atoms with Crippen LogP contribution in [0.4, 0.5) is 5.69 Å². The Morgan fingerprint density at radius 1 is 1.09 bits per heavy atom. The molecule has 0 unspecified atom stereocenters. The number of halogens is 2. The molecule has 34 heavy (non-hydrogen) atoms. The van der Waals surface area contributed by atoms with Gasteiger partial charge < -0.3 is 31.5 Å². The molecule has 2 aromatic rings. The number of anilines is 1. The average Bonchev–Trinajstić information content (AvgIpc) is 2.83. The summed E-state index contributed by atoms with van der Waals surface area (Å²) < 4.78 is 0. The SMILES string of the molecule is CN(C)C1CCN(c2ccc(/C(N)=C/C3=C(N)NCCN3Cc3cc(Cl)ccc3Cl)cc2)CC1. The molecule has 2 aliphatic heterocycles. The highest BCUT2D eigenvalue weighted by Crippen LogP contribution is 2.27. The van der Waals surface area contributed by atoms with Crippen molar-refractivity contribution < 1.29 is 0 Å². The summed E-state index contributed by atoms with van der Waals surface area (Å²) in [6.45, 7) is 4.28. The van der Waals surface area contributed by atoms with E-state index in [2.05, 4.69) is 58.4 Å². The lowest BCUT2D eigenvalue weighted by Gasteiger charge is -2.36. The second kappa shape index (κ2) is 10.8. The van der Waals surface area contributed by atoms with E-state index in [0.29, 0.717) is 34.1 Å². The number of nitrogens with two attached hydrogens (primary N) is 2. The third-order valence-corrected chi connectivity index (χ3v) is 7.34. The fourth-order valence-electron chi connectivity index (χ4n) is 4.65. The molecule has 4 rings (SSSR count). The summed E-state index contributed by atoms with van der Waals surface area (Å²) in [5, 5.41) is 4.59. The molecule has 0 bridgehead atoms. The van der Waals surface area contributed by atoms with Crippen molar-refractivity contribution in [1.29, 1.82) is 0 Å². The zero-order valence-corrected chi connectivity index (χ0v) is 21.4. The lowest BCUT2D eigenvalue weighted by molar-refractivity contribution is 0.249. The predicted octanol–water partition coefficient (Wildman–Crippen LogP) is 4.06. The minimum Gasteiger partial charge on any atom is -0.398 e. The molecule has 0 atom stereocenters. The van der Waals surface area contributed by atoms with Crippen molar-refractivity contribution in [3.63, 3.8) is 0 Å². The summed E-state index contributed by atoms with van der Waals surface area (Å²) in [6.07, 6.45) is 4.31. The monoisotopic (exact) mass is 500 g/mol. The highest BCUT2D eigenvalue weighted by atomic mass is 35.5. The Morgan fingerprint density at radius 2 is 1.79 bits per heavy atom. The summed E-state index contributed by atoms with van der Waals surface area (Å²) in [5.74, 6) is 0.604. The van der Waals surface area contributed by atoms with Crippen LogP contribution in [0.1, 0.15) is 24.0 Å². The number of rotatable bonds is 6. The van der Waals surface area contributed by atoms with Crippen molar-refractivity contribution in [2.24, 2.45) is 11.5 Å². The number of hydrogen-bond acceptors (Lipinski definition) is 6. The van der Waals surface area contributed by atoms with Crippen LogP contribution >= 0.6 is 23.2 Å². The summed E-state index contributed by atoms with van der Waals surface area (Å²) in [7, 11) is 4.33. The third-order valence-electron chi connectivity index (χ3n) is 6.74. The number of piperidine rings is 1. The Hall–Kier alpha value is -2.54. The third kappa shape index (κ3) is 5.74. The lowest BCUT2D eigenvalue weighted by Crippen LogP contribution is -2.41. The highest BCUT2D eigenvalue weighted by molar-refractivity contribution is 6.33. The highest BCUT2D eigenvalue weighted by Gasteiger charge is 2.21. The van der Waals surface area contributed by atoms with Crippen molar-refractivity contribution in [3.05, 3.63) is 81.2 Å². The summed E-state index contributed by atoms with van der Waals surface area (Å²) >= 11 is 12.6. The van der Waals surface area contributed by atoms with Crippen molar-refractivity contribution in [1.82, 2.24) is 15.1 Å². The molecule has 0 aromatic heterocycles. The quantitative estimate of drug-likeness (QED) is 0.555. The molecule has 2 aliphatic rings. The van der Waals surface area contributed by atoms with E-state index in [1.165, 1.54) is 18.5 Å². The molecule has 2 heterocycles. The Kier molecular flexibility index (Phi) is 7.81. The molecule has 0 radical (unpaired) electrons. The van der Waals surface area contributed by atoms with Gasteiger partial charge in [0.05, 0.1) is 5.70 Å². The molecular formula is C26H34Cl2N6. The Morgan fingerprint density at radius 3 is 2.47 bits per heavy atom. The van der Waals surface area contributed by atoms with E-state index in [1.807, 2.05) is 18.2 Å². The first-order valence-electron chi connectivity index (χ1n) is 11.7. The second-order valence-corrected chi connectivity index (χ2v) is 10.1. The van der Waals surface area contributed by atoms with Crippen LogP contribution in [0.15, 0.2) is 60.1 Å². The van der Waals surface area contributed by atoms with Gasteiger partial charge in [-0.05, 0) is 74.5 Å². The van der Waals surface area contributed by atoms with Crippen LogP contribution < -0.4 is 21.7 Å². The zero-order valence-electron chi connectivity index (χ0n) is 19.9. The maximum absolute atomic E-state index is 6.53. The van der Waals surface area contributed by atoms with Gasteiger partial charge in [0, 0.05) is 60.2 Å². The zero-order chi connectivity index (χ0) is 24.2. The van der Waals surface area contributed by atoms with Crippen molar-refractivity contribution >= 4 is 34.6 Å². The standard InChI is InChI=1S/C26H34Cl2N6/c1-32(2)21-9-12-33(13-10-21)22-6-3-18(4-7-22)24(29)16-25-26(30)31-11-14-34(25)17-19-15-20(27)5-8-23(19)28/h3-8,15-16,21,31H,9-14,17,29-30H2,1-2H3/b24-16-. The molecule has 8 heteroatoms. The van der Waals surface area contributed by atoms with E-state index >= 15 is 0 Å². The predicted molar refractivity (Wildman–Crippen MR) is 144 cm³/mol. The Labute approximate surface area is 212 Å². The van der Waals surface area contributed by atoms with Gasteiger partial charge in [-0.3, -0.25) is 0 Å². The molecule has 5 N–H and O–H groups in total. The van der Waals surface area contributed by atoms with Crippen LogP contribution in [0.3, 0.4) is 0 Å². The smallest absolute Gasteiger partial charge is 0.120 e. The first-order valence-corrected chi connectivity index (χ1v) is 12.5. The van der Waals surface area contributed by atoms with Gasteiger partial charge in [-0.25, -0.2) is 0 Å². The normalized spacial score (nSPS) is 18.0. The molecule has 182 valence electrons. The summed E-state index contributed by atoms with van der Waals surface area (Å²) in [6, 6.07) is 14.7. The number of benzene rings is 2. The van der Waals surface area contributed by atoms with Crippen molar-refractivity contribution in [2.45, 2.75) is 25.4 Å². The maximum Gasteiger partial charge on any atom is 0.120 e. The number of nitrogens with zero attached hydrogens (tertiary/aromatic N) is 3. The van der Waals surface area contributed by atoms with E-state index in [9.17, 15) is 0 Å². The molecule has 0 amide bonds. The van der Waals surface area contributed by atoms with Crippen LogP contribution in [-0.2, 0) is 6.54 Å². The number of hydrogen-bond donors (Lipinski definition) is 3. The molecule has 1 fully saturated rings. The van der Waals surface area contributed by atoms with E-state index in [-0.39, 0.29) is 0 Å². The fourth-order valence-corrected chi connectivity index (χ4v) is 5.02. The lowest BCUT2D eigenvalue weighted by atomic mass is 10.0. The molecule has 2 aromatic carbocycles. The average molecular weight is 502 g/mol. The molecule has 1 saturated heterocycles. The summed E-state index contributed by atoms with van der Waals surface area (Å²) in [4.78, 5) is 6.96. The first-order chi connectivity index (χ1) is 16.3. The van der Waals surface area contributed by atoms with Crippen LogP contribution in [-0.4, -0.2) is 56.1 Å². The van der Waals surface area contributed by atoms with Crippen molar-refractivity contribution in [2.75, 3.05) is 45.2 Å². The molecule has 6 nitrogen and oxygen atoms in total. The van der Waals surface area contributed by atoms with E-state index < -0.39 is 0 Å². The first kappa shape index (κ1) is 24.6. The van der Waals surface area contributed by atoms with Gasteiger partial charge >= 0.3 is 0 Å². The minimum atomic E-state index is 0.600. The fraction of sp³-hybridized carbons (Fsp3) is 0.385.